The van der Waals surface area contributed by atoms with Gasteiger partial charge in [0.15, 0.2) is 9.84 Å². The Morgan fingerprint density at radius 1 is 1.00 bits per heavy atom. The molecule has 2 unspecified atom stereocenters. The van der Waals surface area contributed by atoms with E-state index in [9.17, 15) is 21.9 Å². The van der Waals surface area contributed by atoms with E-state index in [2.05, 4.69) is 4.72 Å². The van der Waals surface area contributed by atoms with Crippen molar-refractivity contribution in [3.8, 4) is 0 Å². The van der Waals surface area contributed by atoms with Gasteiger partial charge in [-0.05, 0) is 37.1 Å². The molecule has 0 saturated heterocycles. The second kappa shape index (κ2) is 6.04. The van der Waals surface area contributed by atoms with Crippen LogP contribution in [0.5, 0.6) is 0 Å². The normalized spacial score (nSPS) is 23.9. The predicted molar refractivity (Wildman–Crippen MR) is 78.1 cm³/mol. The summed E-state index contributed by atoms with van der Waals surface area (Å²) >= 11 is 0. The molecule has 2 atom stereocenters. The SMILES string of the molecule is CS(=O)(=O)c1ccc(S(=O)(=O)NC2CCCCC2O)cc1. The molecule has 1 aromatic rings. The fourth-order valence-corrected chi connectivity index (χ4v) is 4.32. The first-order chi connectivity index (χ1) is 9.70. The summed E-state index contributed by atoms with van der Waals surface area (Å²) in [6, 6.07) is 4.56. The van der Waals surface area contributed by atoms with Gasteiger partial charge < -0.3 is 5.11 Å². The number of hydrogen-bond donors (Lipinski definition) is 2. The summed E-state index contributed by atoms with van der Waals surface area (Å²) in [6.07, 6.45) is 3.33. The van der Waals surface area contributed by atoms with Crippen molar-refractivity contribution < 1.29 is 21.9 Å². The van der Waals surface area contributed by atoms with Crippen molar-refractivity contribution in [3.63, 3.8) is 0 Å². The number of nitrogens with one attached hydrogen (secondary N) is 1. The Bertz CT molecular complexity index is 695. The molecule has 0 heterocycles. The molecule has 2 rings (SSSR count). The number of benzene rings is 1. The molecule has 1 saturated carbocycles. The Labute approximate surface area is 125 Å². The van der Waals surface area contributed by atoms with Gasteiger partial charge in [0.2, 0.25) is 10.0 Å². The Morgan fingerprint density at radius 2 is 1.52 bits per heavy atom. The molecular formula is C13H19NO5S2. The molecule has 118 valence electrons. The summed E-state index contributed by atoms with van der Waals surface area (Å²) in [7, 11) is -7.12. The fourth-order valence-electron chi connectivity index (χ4n) is 2.38. The van der Waals surface area contributed by atoms with E-state index >= 15 is 0 Å². The van der Waals surface area contributed by atoms with Gasteiger partial charge >= 0.3 is 0 Å². The van der Waals surface area contributed by atoms with Crippen LogP contribution < -0.4 is 4.72 Å². The smallest absolute Gasteiger partial charge is 0.240 e. The third-order valence-corrected chi connectivity index (χ3v) is 6.23. The Hall–Kier alpha value is -0.960. The zero-order chi connectivity index (χ0) is 15.7. The van der Waals surface area contributed by atoms with Gasteiger partial charge in [0.25, 0.3) is 0 Å². The number of sulfone groups is 1. The van der Waals surface area contributed by atoms with Crippen molar-refractivity contribution in [3.05, 3.63) is 24.3 Å². The predicted octanol–water partition coefficient (Wildman–Crippen LogP) is 0.672. The van der Waals surface area contributed by atoms with Crippen molar-refractivity contribution in [2.75, 3.05) is 6.26 Å². The minimum Gasteiger partial charge on any atom is -0.391 e. The van der Waals surface area contributed by atoms with Crippen molar-refractivity contribution >= 4 is 19.9 Å². The zero-order valence-electron chi connectivity index (χ0n) is 11.7. The lowest BCUT2D eigenvalue weighted by Crippen LogP contribution is -2.44. The van der Waals surface area contributed by atoms with Gasteiger partial charge in [0.05, 0.1) is 15.9 Å². The Morgan fingerprint density at radius 3 is 2.05 bits per heavy atom. The van der Waals surface area contributed by atoms with Crippen LogP contribution in [-0.2, 0) is 19.9 Å². The maximum atomic E-state index is 12.2. The van der Waals surface area contributed by atoms with Gasteiger partial charge in [-0.1, -0.05) is 12.8 Å². The lowest BCUT2D eigenvalue weighted by atomic mass is 9.93. The van der Waals surface area contributed by atoms with E-state index in [1.807, 2.05) is 0 Å². The number of aliphatic hydroxyl groups excluding tert-OH is 1. The van der Waals surface area contributed by atoms with Crippen LogP contribution in [0.3, 0.4) is 0 Å². The van der Waals surface area contributed by atoms with Crippen LogP contribution >= 0.6 is 0 Å². The Kier molecular flexibility index (Phi) is 4.72. The van der Waals surface area contributed by atoms with Gasteiger partial charge in [0, 0.05) is 12.3 Å². The highest BCUT2D eigenvalue weighted by Gasteiger charge is 2.28. The minimum atomic E-state index is -3.76. The van der Waals surface area contributed by atoms with E-state index in [-0.39, 0.29) is 9.79 Å². The van der Waals surface area contributed by atoms with Crippen LogP contribution in [0.1, 0.15) is 25.7 Å². The van der Waals surface area contributed by atoms with E-state index in [1.165, 1.54) is 24.3 Å². The number of hydrogen-bond acceptors (Lipinski definition) is 5. The molecule has 21 heavy (non-hydrogen) atoms. The van der Waals surface area contributed by atoms with Crippen LogP contribution in [0.4, 0.5) is 0 Å². The number of sulfonamides is 1. The molecular weight excluding hydrogens is 314 g/mol. The highest BCUT2D eigenvalue weighted by atomic mass is 32.2. The molecule has 0 amide bonds. The standard InChI is InChI=1S/C13H19NO5S2/c1-20(16,17)10-6-8-11(9-7-10)21(18,19)14-12-4-2-3-5-13(12)15/h6-9,12-15H,2-5H2,1H3. The second-order valence-electron chi connectivity index (χ2n) is 5.32. The minimum absolute atomic E-state index is 0.00678. The summed E-state index contributed by atoms with van der Waals surface area (Å²) in [4.78, 5) is 0.0619. The maximum absolute atomic E-state index is 12.2. The molecule has 0 spiro atoms. The first-order valence-electron chi connectivity index (χ1n) is 6.71. The van der Waals surface area contributed by atoms with Crippen molar-refractivity contribution in [1.82, 2.24) is 4.72 Å². The van der Waals surface area contributed by atoms with Crippen LogP contribution in [0.25, 0.3) is 0 Å². The summed E-state index contributed by atoms with van der Waals surface area (Å²) in [6.45, 7) is 0. The number of aliphatic hydroxyl groups is 1. The van der Waals surface area contributed by atoms with E-state index in [4.69, 9.17) is 0 Å². The van der Waals surface area contributed by atoms with Crippen molar-refractivity contribution in [1.29, 1.82) is 0 Å². The average Bonchev–Trinajstić information content (AvgIpc) is 2.40. The molecule has 0 bridgehead atoms. The molecule has 2 N–H and O–H groups in total. The van der Waals surface area contributed by atoms with Gasteiger partial charge in [-0.25, -0.2) is 21.6 Å². The molecule has 0 aliphatic heterocycles. The van der Waals surface area contributed by atoms with E-state index < -0.39 is 32.0 Å². The maximum Gasteiger partial charge on any atom is 0.240 e. The molecule has 0 aromatic heterocycles. The van der Waals surface area contributed by atoms with Crippen LogP contribution in [0.15, 0.2) is 34.1 Å². The first-order valence-corrected chi connectivity index (χ1v) is 10.1. The van der Waals surface area contributed by atoms with Gasteiger partial charge in [-0.2, -0.15) is 0 Å². The monoisotopic (exact) mass is 333 g/mol. The van der Waals surface area contributed by atoms with Gasteiger partial charge in [0.1, 0.15) is 0 Å². The summed E-state index contributed by atoms with van der Waals surface area (Å²) in [5, 5.41) is 9.82. The molecule has 1 aliphatic carbocycles. The number of rotatable bonds is 4. The van der Waals surface area contributed by atoms with Crippen molar-refractivity contribution in [2.24, 2.45) is 0 Å². The van der Waals surface area contributed by atoms with Crippen LogP contribution in [0.2, 0.25) is 0 Å². The second-order valence-corrected chi connectivity index (χ2v) is 9.05. The largest absolute Gasteiger partial charge is 0.391 e. The summed E-state index contributed by atoms with van der Waals surface area (Å²) in [5.41, 5.74) is 0. The first kappa shape index (κ1) is 16.4. The average molecular weight is 333 g/mol. The van der Waals surface area contributed by atoms with Crippen molar-refractivity contribution in [2.45, 2.75) is 47.6 Å². The lowest BCUT2D eigenvalue weighted by Gasteiger charge is -2.28. The van der Waals surface area contributed by atoms with Crippen LogP contribution in [-0.4, -0.2) is 40.3 Å². The van der Waals surface area contributed by atoms with Gasteiger partial charge in [-0.3, -0.25) is 0 Å². The van der Waals surface area contributed by atoms with E-state index in [0.29, 0.717) is 12.8 Å². The summed E-state index contributed by atoms with van der Waals surface area (Å²) < 4.78 is 49.7. The van der Waals surface area contributed by atoms with E-state index in [1.54, 1.807) is 0 Å². The zero-order valence-corrected chi connectivity index (χ0v) is 13.3. The molecule has 6 nitrogen and oxygen atoms in total. The lowest BCUT2D eigenvalue weighted by molar-refractivity contribution is 0.101. The summed E-state index contributed by atoms with van der Waals surface area (Å²) in [5.74, 6) is 0. The highest BCUT2D eigenvalue weighted by molar-refractivity contribution is 7.90. The van der Waals surface area contributed by atoms with E-state index in [0.717, 1.165) is 19.1 Å². The third kappa shape index (κ3) is 4.03. The quantitative estimate of drug-likeness (QED) is 0.843. The molecule has 1 aromatic carbocycles. The fraction of sp³-hybridized carbons (Fsp3) is 0.538. The molecule has 1 aliphatic rings. The topological polar surface area (TPSA) is 101 Å². The highest BCUT2D eigenvalue weighted by Crippen LogP contribution is 2.21. The van der Waals surface area contributed by atoms with Gasteiger partial charge in [-0.15, -0.1) is 0 Å². The molecule has 0 radical (unpaired) electrons. The molecule has 1 fully saturated rings. The Balaban J connectivity index is 2.19. The molecule has 8 heteroatoms. The third-order valence-electron chi connectivity index (χ3n) is 3.60. The van der Waals surface area contributed by atoms with Crippen LogP contribution in [0, 0.1) is 0 Å².